The number of aromatic nitrogens is 3. The summed E-state index contributed by atoms with van der Waals surface area (Å²) in [5, 5.41) is 10.6. The van der Waals surface area contributed by atoms with E-state index < -0.39 is 17.5 Å². The molecule has 4 atom stereocenters. The highest BCUT2D eigenvalue weighted by Gasteiger charge is 2.40. The fourth-order valence-electron chi connectivity index (χ4n) is 5.10. The first-order valence-electron chi connectivity index (χ1n) is 11.4. The van der Waals surface area contributed by atoms with Crippen molar-refractivity contribution in [3.8, 4) is 5.69 Å². The number of rotatable bonds is 5. The summed E-state index contributed by atoms with van der Waals surface area (Å²) in [6.07, 6.45) is 5.50. The number of nitrogens with zero attached hydrogens (tertiary/aromatic N) is 5. The second kappa shape index (κ2) is 9.54. The summed E-state index contributed by atoms with van der Waals surface area (Å²) in [5.41, 5.74) is -0.00998. The molecule has 2 unspecified atom stereocenters. The van der Waals surface area contributed by atoms with Crippen molar-refractivity contribution < 1.29 is 18.4 Å². The van der Waals surface area contributed by atoms with Crippen LogP contribution in [0.15, 0.2) is 24.4 Å². The molecule has 2 aliphatic rings. The minimum atomic E-state index is -0.808. The highest BCUT2D eigenvalue weighted by atomic mass is 19.1. The molecule has 1 aromatic heterocycles. The van der Waals surface area contributed by atoms with Crippen molar-refractivity contribution in [3.63, 3.8) is 0 Å². The highest BCUT2D eigenvalue weighted by molar-refractivity contribution is 5.92. The summed E-state index contributed by atoms with van der Waals surface area (Å²) in [5.74, 6) is -1.77. The fourth-order valence-corrected chi connectivity index (χ4v) is 5.10. The molecule has 2 fully saturated rings. The molecule has 1 aliphatic heterocycles. The molecule has 1 aromatic carbocycles. The second-order valence-corrected chi connectivity index (χ2v) is 9.32. The lowest BCUT2D eigenvalue weighted by atomic mass is 9.88. The van der Waals surface area contributed by atoms with E-state index in [1.165, 1.54) is 25.1 Å². The van der Waals surface area contributed by atoms with Gasteiger partial charge in [-0.1, -0.05) is 18.6 Å². The van der Waals surface area contributed by atoms with Gasteiger partial charge in [-0.2, -0.15) is 0 Å². The Morgan fingerprint density at radius 1 is 1.18 bits per heavy atom. The molecule has 178 valence electrons. The molecule has 8 nitrogen and oxygen atoms in total. The first-order valence-corrected chi connectivity index (χ1v) is 11.4. The maximum Gasteiger partial charge on any atom is 0.273 e. The number of nitrogens with one attached hydrogen (secondary N) is 1. The third-order valence-electron chi connectivity index (χ3n) is 6.89. The molecular formula is C23H30F2N6O2. The minimum Gasteiger partial charge on any atom is -0.348 e. The number of likely N-dealkylation sites (tertiary alicyclic amines) is 1. The quantitative estimate of drug-likeness (QED) is 0.740. The van der Waals surface area contributed by atoms with Crippen molar-refractivity contribution in [1.82, 2.24) is 30.1 Å². The molecule has 0 bridgehead atoms. The van der Waals surface area contributed by atoms with Gasteiger partial charge in [0.15, 0.2) is 11.5 Å². The van der Waals surface area contributed by atoms with E-state index in [2.05, 4.69) is 27.5 Å². The van der Waals surface area contributed by atoms with E-state index in [1.54, 1.807) is 19.0 Å². The number of carbonyl (C=O) groups excluding carboxylic acids is 2. The van der Waals surface area contributed by atoms with Crippen molar-refractivity contribution in [3.05, 3.63) is 41.7 Å². The minimum absolute atomic E-state index is 0.00150. The summed E-state index contributed by atoms with van der Waals surface area (Å²) in [6, 6.07) is 3.22. The Morgan fingerprint density at radius 2 is 1.97 bits per heavy atom. The summed E-state index contributed by atoms with van der Waals surface area (Å²) >= 11 is 0. The van der Waals surface area contributed by atoms with Gasteiger partial charge in [0.05, 0.1) is 12.1 Å². The van der Waals surface area contributed by atoms with Gasteiger partial charge in [0.25, 0.3) is 5.91 Å². The Morgan fingerprint density at radius 3 is 2.64 bits per heavy atom. The number of hydrogen-bond acceptors (Lipinski definition) is 5. The summed E-state index contributed by atoms with van der Waals surface area (Å²) in [7, 11) is 3.45. The summed E-state index contributed by atoms with van der Waals surface area (Å²) < 4.78 is 28.3. The molecule has 1 saturated carbocycles. The molecule has 4 rings (SSSR count). The molecule has 1 N–H and O–H groups in total. The van der Waals surface area contributed by atoms with Crippen LogP contribution in [-0.4, -0.2) is 75.9 Å². The topological polar surface area (TPSA) is 83.4 Å². The van der Waals surface area contributed by atoms with Gasteiger partial charge >= 0.3 is 0 Å². The van der Waals surface area contributed by atoms with Gasteiger partial charge in [-0.05, 0) is 37.3 Å². The first-order chi connectivity index (χ1) is 15.7. The number of halogens is 2. The number of carbonyl (C=O) groups is 2. The van der Waals surface area contributed by atoms with Crippen LogP contribution < -0.4 is 5.32 Å². The van der Waals surface area contributed by atoms with Crippen molar-refractivity contribution in [2.45, 2.75) is 44.7 Å². The van der Waals surface area contributed by atoms with Crippen molar-refractivity contribution in [2.75, 3.05) is 27.2 Å². The number of piperidine rings is 1. The lowest BCUT2D eigenvalue weighted by molar-refractivity contribution is -0.136. The van der Waals surface area contributed by atoms with E-state index in [4.69, 9.17) is 0 Å². The molecule has 33 heavy (non-hydrogen) atoms. The molecule has 2 amide bonds. The van der Waals surface area contributed by atoms with Crippen LogP contribution in [-0.2, 0) is 4.79 Å². The van der Waals surface area contributed by atoms with Crippen molar-refractivity contribution >= 4 is 11.8 Å². The molecule has 2 heterocycles. The fraction of sp³-hybridized carbons (Fsp3) is 0.565. The standard InChI is InChI=1S/C23H30F2N6O2/c1-14-5-4-6-20(14)30-10-9-18(16(12-30)23(33)29(2)3)26-22(32)19-13-31(28-27-19)21-8-7-15(24)11-17(21)25/h7-8,11,13-14,16,18,20H,4-6,9-10,12H2,1-3H3,(H,26,32)/t14?,16-,18-,20?/m1/s1. The van der Waals surface area contributed by atoms with E-state index in [0.717, 1.165) is 29.8 Å². The average Bonchev–Trinajstić information content (AvgIpc) is 3.43. The van der Waals surface area contributed by atoms with Crippen LogP contribution in [0.25, 0.3) is 5.69 Å². The van der Waals surface area contributed by atoms with Gasteiger partial charge in [-0.3, -0.25) is 14.5 Å². The molecule has 0 radical (unpaired) electrons. The third-order valence-corrected chi connectivity index (χ3v) is 6.89. The second-order valence-electron chi connectivity index (χ2n) is 9.32. The molecule has 2 aromatic rings. The van der Waals surface area contributed by atoms with Crippen LogP contribution in [0.2, 0.25) is 0 Å². The number of benzene rings is 1. The van der Waals surface area contributed by atoms with Gasteiger partial charge < -0.3 is 10.2 Å². The first kappa shape index (κ1) is 23.3. The third kappa shape index (κ3) is 4.90. The zero-order chi connectivity index (χ0) is 23.7. The van der Waals surface area contributed by atoms with Crippen LogP contribution in [0, 0.1) is 23.5 Å². The SMILES string of the molecule is CC1CCCC1N1CC[C@@H](NC(=O)c2cn(-c3ccc(F)cc3F)nn2)[C@H](C(=O)N(C)C)C1. The maximum atomic E-state index is 14.1. The molecular weight excluding hydrogens is 430 g/mol. The molecule has 1 aliphatic carbocycles. The van der Waals surface area contributed by atoms with Crippen LogP contribution in [0.3, 0.4) is 0 Å². The molecule has 0 spiro atoms. The Labute approximate surface area is 191 Å². The smallest absolute Gasteiger partial charge is 0.273 e. The van der Waals surface area contributed by atoms with Crippen molar-refractivity contribution in [2.24, 2.45) is 11.8 Å². The summed E-state index contributed by atoms with van der Waals surface area (Å²) in [4.78, 5) is 29.8. The predicted molar refractivity (Wildman–Crippen MR) is 118 cm³/mol. The Bertz CT molecular complexity index is 1030. The maximum absolute atomic E-state index is 14.1. The average molecular weight is 461 g/mol. The van der Waals surface area contributed by atoms with Gasteiger partial charge in [-0.25, -0.2) is 13.5 Å². The molecule has 1 saturated heterocycles. The van der Waals surface area contributed by atoms with Gasteiger partial charge in [0.1, 0.15) is 11.5 Å². The predicted octanol–water partition coefficient (Wildman–Crippen LogP) is 2.24. The van der Waals surface area contributed by atoms with Gasteiger partial charge in [0, 0.05) is 45.3 Å². The number of amides is 2. The Kier molecular flexibility index (Phi) is 6.73. The Balaban J connectivity index is 1.48. The van der Waals surface area contributed by atoms with Crippen LogP contribution >= 0.6 is 0 Å². The largest absolute Gasteiger partial charge is 0.348 e. The summed E-state index contributed by atoms with van der Waals surface area (Å²) in [6.45, 7) is 3.68. The van der Waals surface area contributed by atoms with Gasteiger partial charge in [-0.15, -0.1) is 5.10 Å². The molecule has 10 heteroatoms. The van der Waals surface area contributed by atoms with E-state index >= 15 is 0 Å². The van der Waals surface area contributed by atoms with E-state index in [-0.39, 0.29) is 29.2 Å². The van der Waals surface area contributed by atoms with E-state index in [1.807, 2.05) is 0 Å². The monoisotopic (exact) mass is 460 g/mol. The van der Waals surface area contributed by atoms with Crippen LogP contribution in [0.4, 0.5) is 8.78 Å². The lowest BCUT2D eigenvalue weighted by Gasteiger charge is -2.42. The van der Waals surface area contributed by atoms with Crippen LogP contribution in [0.1, 0.15) is 43.1 Å². The highest BCUT2D eigenvalue weighted by Crippen LogP contribution is 2.33. The zero-order valence-electron chi connectivity index (χ0n) is 19.2. The number of hydrogen-bond donors (Lipinski definition) is 1. The van der Waals surface area contributed by atoms with Crippen molar-refractivity contribution in [1.29, 1.82) is 0 Å². The lowest BCUT2D eigenvalue weighted by Crippen LogP contribution is -2.57. The van der Waals surface area contributed by atoms with E-state index in [0.29, 0.717) is 24.9 Å². The van der Waals surface area contributed by atoms with Crippen LogP contribution in [0.5, 0.6) is 0 Å². The van der Waals surface area contributed by atoms with Gasteiger partial charge in [0.2, 0.25) is 5.91 Å². The normalized spacial score (nSPS) is 25.7. The Hall–Kier alpha value is -2.88. The zero-order valence-corrected chi connectivity index (χ0v) is 19.2. The van der Waals surface area contributed by atoms with E-state index in [9.17, 15) is 18.4 Å².